The molecule has 0 unspecified atom stereocenters. The van der Waals surface area contributed by atoms with E-state index in [2.05, 4.69) is 4.72 Å². The molecule has 7 nitrogen and oxygen atoms in total. The molecule has 148 valence electrons. The molecule has 0 aliphatic carbocycles. The number of aryl methyl sites for hydroxylation is 1. The maximum absolute atomic E-state index is 12.6. The van der Waals surface area contributed by atoms with Crippen LogP contribution in [0.1, 0.15) is 28.8 Å². The summed E-state index contributed by atoms with van der Waals surface area (Å²) in [4.78, 5) is 25.7. The predicted octanol–water partition coefficient (Wildman–Crippen LogP) is 2.13. The third-order valence-electron chi connectivity index (χ3n) is 4.90. The van der Waals surface area contributed by atoms with Gasteiger partial charge >= 0.3 is 0 Å². The van der Waals surface area contributed by atoms with Gasteiger partial charge in [0.05, 0.1) is 4.90 Å². The molecule has 8 heteroatoms. The summed E-state index contributed by atoms with van der Waals surface area (Å²) in [6, 6.07) is 12.9. The summed E-state index contributed by atoms with van der Waals surface area (Å²) >= 11 is 0. The standard InChI is InChI=1S/C20H23N3O4S/c1-14-2-8-18(9-3-14)28(26,27)22-17-6-4-16(5-7-17)20(25)23-12-10-15(11-13-23)19(21)24/h2-9,15,22H,10-13H2,1H3,(H2,21,24). The number of rotatable bonds is 5. The van der Waals surface area contributed by atoms with Gasteiger partial charge in [-0.15, -0.1) is 0 Å². The van der Waals surface area contributed by atoms with Crippen LogP contribution in [0, 0.1) is 12.8 Å². The van der Waals surface area contributed by atoms with E-state index in [9.17, 15) is 18.0 Å². The lowest BCUT2D eigenvalue weighted by molar-refractivity contribution is -0.123. The Morgan fingerprint density at radius 3 is 2.11 bits per heavy atom. The second kappa shape index (κ2) is 8.02. The van der Waals surface area contributed by atoms with E-state index in [1.54, 1.807) is 53.4 Å². The Balaban J connectivity index is 1.65. The van der Waals surface area contributed by atoms with E-state index in [4.69, 9.17) is 5.73 Å². The molecule has 1 saturated heterocycles. The molecule has 3 N–H and O–H groups in total. The number of primary amides is 1. The van der Waals surface area contributed by atoms with E-state index in [0.29, 0.717) is 37.2 Å². The number of nitrogens with one attached hydrogen (secondary N) is 1. The van der Waals surface area contributed by atoms with Crippen molar-refractivity contribution < 1.29 is 18.0 Å². The topological polar surface area (TPSA) is 110 Å². The molecule has 28 heavy (non-hydrogen) atoms. The molecule has 0 spiro atoms. The fraction of sp³-hybridized carbons (Fsp3) is 0.300. The van der Waals surface area contributed by atoms with Gasteiger partial charge in [0.1, 0.15) is 0 Å². The first-order chi connectivity index (χ1) is 13.3. The van der Waals surface area contributed by atoms with Gasteiger partial charge in [0.15, 0.2) is 0 Å². The molecule has 2 aromatic carbocycles. The van der Waals surface area contributed by atoms with Gasteiger partial charge < -0.3 is 10.6 Å². The van der Waals surface area contributed by atoms with Gasteiger partial charge in [0, 0.05) is 30.3 Å². The van der Waals surface area contributed by atoms with Gasteiger partial charge in [0.25, 0.3) is 15.9 Å². The lowest BCUT2D eigenvalue weighted by Crippen LogP contribution is -2.41. The Bertz CT molecular complexity index is 962. The largest absolute Gasteiger partial charge is 0.369 e. The molecule has 0 aromatic heterocycles. The van der Waals surface area contributed by atoms with E-state index in [1.165, 1.54) is 0 Å². The van der Waals surface area contributed by atoms with Crippen molar-refractivity contribution in [1.82, 2.24) is 4.90 Å². The monoisotopic (exact) mass is 401 g/mol. The fourth-order valence-corrected chi connectivity index (χ4v) is 4.22. The Kier molecular flexibility index (Phi) is 5.69. The molecule has 1 aliphatic heterocycles. The summed E-state index contributed by atoms with van der Waals surface area (Å²) in [5, 5.41) is 0. The van der Waals surface area contributed by atoms with Crippen LogP contribution in [0.25, 0.3) is 0 Å². The highest BCUT2D eigenvalue weighted by molar-refractivity contribution is 7.92. The van der Waals surface area contributed by atoms with Crippen molar-refractivity contribution in [2.75, 3.05) is 17.8 Å². The molecule has 1 fully saturated rings. The lowest BCUT2D eigenvalue weighted by Gasteiger charge is -2.30. The number of likely N-dealkylation sites (tertiary alicyclic amines) is 1. The highest BCUT2D eigenvalue weighted by atomic mass is 32.2. The first-order valence-electron chi connectivity index (χ1n) is 9.04. The Labute approximate surface area is 164 Å². The van der Waals surface area contributed by atoms with Crippen molar-refractivity contribution in [3.63, 3.8) is 0 Å². The van der Waals surface area contributed by atoms with Crippen LogP contribution in [0.3, 0.4) is 0 Å². The van der Waals surface area contributed by atoms with Crippen LogP contribution in [0.2, 0.25) is 0 Å². The van der Waals surface area contributed by atoms with Crippen LogP contribution in [0.15, 0.2) is 53.4 Å². The molecule has 1 aliphatic rings. The summed E-state index contributed by atoms with van der Waals surface area (Å²) in [6.45, 7) is 2.85. The number of piperidine rings is 1. The predicted molar refractivity (Wildman–Crippen MR) is 106 cm³/mol. The Morgan fingerprint density at radius 2 is 1.57 bits per heavy atom. The van der Waals surface area contributed by atoms with Gasteiger partial charge in [-0.1, -0.05) is 17.7 Å². The van der Waals surface area contributed by atoms with Crippen LogP contribution in [0.4, 0.5) is 5.69 Å². The number of amides is 2. The van der Waals surface area contributed by atoms with Gasteiger partial charge in [-0.25, -0.2) is 8.42 Å². The summed E-state index contributed by atoms with van der Waals surface area (Å²) in [6.07, 6.45) is 1.13. The Hall–Kier alpha value is -2.87. The van der Waals surface area contributed by atoms with Crippen molar-refractivity contribution in [3.8, 4) is 0 Å². The van der Waals surface area contributed by atoms with Gasteiger partial charge in [-0.2, -0.15) is 0 Å². The van der Waals surface area contributed by atoms with Crippen molar-refractivity contribution in [2.45, 2.75) is 24.7 Å². The summed E-state index contributed by atoms with van der Waals surface area (Å²) in [5.74, 6) is -0.643. The average Bonchev–Trinajstić information content (AvgIpc) is 2.68. The molecule has 2 aromatic rings. The minimum absolute atomic E-state index is 0.143. The van der Waals surface area contributed by atoms with Crippen LogP contribution in [-0.2, 0) is 14.8 Å². The van der Waals surface area contributed by atoms with Crippen LogP contribution in [-0.4, -0.2) is 38.2 Å². The minimum atomic E-state index is -3.69. The fourth-order valence-electron chi connectivity index (χ4n) is 3.16. The van der Waals surface area contributed by atoms with Crippen molar-refractivity contribution in [2.24, 2.45) is 11.7 Å². The SMILES string of the molecule is Cc1ccc(S(=O)(=O)Nc2ccc(C(=O)N3CCC(C(N)=O)CC3)cc2)cc1. The summed E-state index contributed by atoms with van der Waals surface area (Å²) in [7, 11) is -3.69. The number of anilines is 1. The third-order valence-corrected chi connectivity index (χ3v) is 6.30. The van der Waals surface area contributed by atoms with Crippen LogP contribution >= 0.6 is 0 Å². The molecule has 0 atom stereocenters. The second-order valence-corrected chi connectivity index (χ2v) is 8.65. The lowest BCUT2D eigenvalue weighted by atomic mass is 9.96. The normalized spacial score (nSPS) is 15.2. The molecular formula is C20H23N3O4S. The van der Waals surface area contributed by atoms with E-state index in [-0.39, 0.29) is 22.6 Å². The molecule has 0 radical (unpaired) electrons. The number of hydrogen-bond acceptors (Lipinski definition) is 4. The van der Waals surface area contributed by atoms with Gasteiger partial charge in [0.2, 0.25) is 5.91 Å². The number of benzene rings is 2. The number of carbonyl (C=O) groups excluding carboxylic acids is 2. The number of hydrogen-bond donors (Lipinski definition) is 2. The maximum atomic E-state index is 12.6. The van der Waals surface area contributed by atoms with Gasteiger partial charge in [-0.3, -0.25) is 14.3 Å². The third kappa shape index (κ3) is 4.51. The molecule has 0 saturated carbocycles. The smallest absolute Gasteiger partial charge is 0.261 e. The molecular weight excluding hydrogens is 378 g/mol. The van der Waals surface area contributed by atoms with Crippen molar-refractivity contribution >= 4 is 27.5 Å². The van der Waals surface area contributed by atoms with E-state index in [0.717, 1.165) is 5.56 Å². The first kappa shape index (κ1) is 19.9. The average molecular weight is 401 g/mol. The number of nitrogens with two attached hydrogens (primary N) is 1. The molecule has 2 amide bonds. The van der Waals surface area contributed by atoms with E-state index < -0.39 is 10.0 Å². The zero-order valence-electron chi connectivity index (χ0n) is 15.6. The minimum Gasteiger partial charge on any atom is -0.369 e. The van der Waals surface area contributed by atoms with Crippen LogP contribution < -0.4 is 10.5 Å². The summed E-state index contributed by atoms with van der Waals surface area (Å²) < 4.78 is 27.4. The molecule has 3 rings (SSSR count). The summed E-state index contributed by atoms with van der Waals surface area (Å²) in [5.41, 5.74) is 7.14. The molecule has 0 bridgehead atoms. The number of sulfonamides is 1. The van der Waals surface area contributed by atoms with E-state index in [1.807, 2.05) is 6.92 Å². The number of nitrogens with zero attached hydrogens (tertiary/aromatic N) is 1. The zero-order chi connectivity index (χ0) is 20.3. The Morgan fingerprint density at radius 1 is 1.00 bits per heavy atom. The molecule has 1 heterocycles. The zero-order valence-corrected chi connectivity index (χ0v) is 16.4. The highest BCUT2D eigenvalue weighted by Crippen LogP contribution is 2.21. The van der Waals surface area contributed by atoms with Crippen molar-refractivity contribution in [3.05, 3.63) is 59.7 Å². The van der Waals surface area contributed by atoms with E-state index >= 15 is 0 Å². The van der Waals surface area contributed by atoms with Crippen molar-refractivity contribution in [1.29, 1.82) is 0 Å². The first-order valence-corrected chi connectivity index (χ1v) is 10.5. The highest BCUT2D eigenvalue weighted by Gasteiger charge is 2.26. The quantitative estimate of drug-likeness (QED) is 0.800. The maximum Gasteiger partial charge on any atom is 0.261 e. The van der Waals surface area contributed by atoms with Gasteiger partial charge in [-0.05, 0) is 56.2 Å². The number of carbonyl (C=O) groups is 2. The second-order valence-electron chi connectivity index (χ2n) is 6.96. The van der Waals surface area contributed by atoms with Crippen LogP contribution in [0.5, 0.6) is 0 Å².